The Bertz CT molecular complexity index is 481. The maximum absolute atomic E-state index is 4.45. The fourth-order valence-corrected chi connectivity index (χ4v) is 3.39. The second-order valence-corrected chi connectivity index (χ2v) is 5.52. The third kappa shape index (κ3) is 2.03. The quantitative estimate of drug-likeness (QED) is 0.884. The minimum absolute atomic E-state index is 0.654. The van der Waals surface area contributed by atoms with E-state index in [0.29, 0.717) is 5.92 Å². The molecule has 0 atom stereocenters. The van der Waals surface area contributed by atoms with Crippen molar-refractivity contribution < 1.29 is 0 Å². The van der Waals surface area contributed by atoms with Gasteiger partial charge in [0.15, 0.2) is 0 Å². The molecule has 0 aliphatic carbocycles. The molecule has 0 bridgehead atoms. The summed E-state index contributed by atoms with van der Waals surface area (Å²) in [6, 6.07) is 4.30. The van der Waals surface area contributed by atoms with Crippen LogP contribution in [0.25, 0.3) is 10.4 Å². The molecule has 0 spiro atoms. The van der Waals surface area contributed by atoms with Crippen LogP contribution in [0.3, 0.4) is 0 Å². The lowest BCUT2D eigenvalue weighted by Crippen LogP contribution is -2.27. The highest BCUT2D eigenvalue weighted by Crippen LogP contribution is 2.35. The van der Waals surface area contributed by atoms with Gasteiger partial charge in [0.25, 0.3) is 0 Å². The average molecular weight is 247 g/mol. The summed E-state index contributed by atoms with van der Waals surface area (Å²) in [6.45, 7) is 2.25. The third-order valence-electron chi connectivity index (χ3n) is 3.50. The molecule has 3 heterocycles. The van der Waals surface area contributed by atoms with Gasteiger partial charge in [-0.1, -0.05) is 6.07 Å². The lowest BCUT2D eigenvalue weighted by Gasteiger charge is -2.23. The minimum atomic E-state index is 0.654. The molecule has 1 aliphatic heterocycles. The first-order valence-corrected chi connectivity index (χ1v) is 7.00. The van der Waals surface area contributed by atoms with Crippen LogP contribution in [0.2, 0.25) is 0 Å². The Labute approximate surface area is 105 Å². The van der Waals surface area contributed by atoms with Crippen LogP contribution in [0.5, 0.6) is 0 Å². The molecule has 90 valence electrons. The van der Waals surface area contributed by atoms with Crippen LogP contribution in [-0.4, -0.2) is 22.9 Å². The number of rotatable bonds is 2. The SMILES string of the molecule is Cn1ncc(-c2cccs2)c1C1CCNCC1. The molecule has 0 amide bonds. The molecular formula is C13H17N3S. The number of piperidine rings is 1. The van der Waals surface area contributed by atoms with Crippen molar-refractivity contribution in [2.45, 2.75) is 18.8 Å². The number of thiophene rings is 1. The monoisotopic (exact) mass is 247 g/mol. The number of nitrogens with zero attached hydrogens (tertiary/aromatic N) is 2. The normalized spacial score (nSPS) is 17.5. The van der Waals surface area contributed by atoms with Gasteiger partial charge in [0, 0.05) is 29.1 Å². The van der Waals surface area contributed by atoms with Crippen molar-refractivity contribution in [1.82, 2.24) is 15.1 Å². The smallest absolute Gasteiger partial charge is 0.0579 e. The highest BCUT2D eigenvalue weighted by atomic mass is 32.1. The molecule has 0 radical (unpaired) electrons. The number of aryl methyl sites for hydroxylation is 1. The molecule has 0 saturated carbocycles. The Hall–Kier alpha value is -1.13. The van der Waals surface area contributed by atoms with E-state index in [1.165, 1.54) is 29.0 Å². The van der Waals surface area contributed by atoms with Crippen LogP contribution in [0, 0.1) is 0 Å². The van der Waals surface area contributed by atoms with Gasteiger partial charge in [-0.15, -0.1) is 11.3 Å². The first kappa shape index (κ1) is 11.0. The average Bonchev–Trinajstić information content (AvgIpc) is 2.98. The van der Waals surface area contributed by atoms with E-state index in [4.69, 9.17) is 0 Å². The van der Waals surface area contributed by atoms with Crippen molar-refractivity contribution in [3.63, 3.8) is 0 Å². The van der Waals surface area contributed by atoms with E-state index in [9.17, 15) is 0 Å². The zero-order valence-electron chi connectivity index (χ0n) is 10.0. The first-order valence-electron chi connectivity index (χ1n) is 6.13. The number of aromatic nitrogens is 2. The summed E-state index contributed by atoms with van der Waals surface area (Å²) in [5.74, 6) is 0.654. The van der Waals surface area contributed by atoms with Crippen molar-refractivity contribution in [3.05, 3.63) is 29.4 Å². The van der Waals surface area contributed by atoms with Gasteiger partial charge in [-0.05, 0) is 37.4 Å². The van der Waals surface area contributed by atoms with Crippen molar-refractivity contribution in [1.29, 1.82) is 0 Å². The third-order valence-corrected chi connectivity index (χ3v) is 4.40. The van der Waals surface area contributed by atoms with Crippen LogP contribution in [0.4, 0.5) is 0 Å². The Morgan fingerprint density at radius 2 is 2.24 bits per heavy atom. The lowest BCUT2D eigenvalue weighted by atomic mass is 9.92. The van der Waals surface area contributed by atoms with Gasteiger partial charge >= 0.3 is 0 Å². The van der Waals surface area contributed by atoms with Crippen molar-refractivity contribution >= 4 is 11.3 Å². The van der Waals surface area contributed by atoms with E-state index >= 15 is 0 Å². The van der Waals surface area contributed by atoms with Crippen LogP contribution in [0.15, 0.2) is 23.7 Å². The molecule has 1 N–H and O–H groups in total. The standard InChI is InChI=1S/C13H17N3S/c1-16-13(10-4-6-14-7-5-10)11(9-15-16)12-3-2-8-17-12/h2-3,8-10,14H,4-7H2,1H3. The van der Waals surface area contributed by atoms with Crippen LogP contribution in [0.1, 0.15) is 24.5 Å². The van der Waals surface area contributed by atoms with Gasteiger partial charge < -0.3 is 5.32 Å². The van der Waals surface area contributed by atoms with Gasteiger partial charge in [0.1, 0.15) is 0 Å². The van der Waals surface area contributed by atoms with E-state index in [-0.39, 0.29) is 0 Å². The zero-order valence-corrected chi connectivity index (χ0v) is 10.8. The van der Waals surface area contributed by atoms with Gasteiger partial charge in [0.05, 0.1) is 6.20 Å². The highest BCUT2D eigenvalue weighted by Gasteiger charge is 2.22. The molecule has 1 fully saturated rings. The molecule has 2 aromatic heterocycles. The topological polar surface area (TPSA) is 29.9 Å². The largest absolute Gasteiger partial charge is 0.317 e. The molecule has 3 rings (SSSR count). The van der Waals surface area contributed by atoms with Crippen molar-refractivity contribution in [2.24, 2.45) is 7.05 Å². The highest BCUT2D eigenvalue weighted by molar-refractivity contribution is 7.13. The van der Waals surface area contributed by atoms with Crippen LogP contribution >= 0.6 is 11.3 Å². The Morgan fingerprint density at radius 1 is 1.41 bits per heavy atom. The van der Waals surface area contributed by atoms with Gasteiger partial charge in [-0.2, -0.15) is 5.10 Å². The summed E-state index contributed by atoms with van der Waals surface area (Å²) in [6.07, 6.45) is 4.46. The maximum atomic E-state index is 4.45. The summed E-state index contributed by atoms with van der Waals surface area (Å²) in [5, 5.41) is 10.0. The van der Waals surface area contributed by atoms with Gasteiger partial charge in [0.2, 0.25) is 0 Å². The summed E-state index contributed by atoms with van der Waals surface area (Å²) in [5.41, 5.74) is 2.74. The van der Waals surface area contributed by atoms with Gasteiger partial charge in [-0.3, -0.25) is 4.68 Å². The predicted molar refractivity (Wildman–Crippen MR) is 71.4 cm³/mol. The zero-order chi connectivity index (χ0) is 11.7. The fourth-order valence-electron chi connectivity index (χ4n) is 2.65. The van der Waals surface area contributed by atoms with Crippen LogP contribution in [-0.2, 0) is 7.05 Å². The molecule has 1 saturated heterocycles. The summed E-state index contributed by atoms with van der Waals surface area (Å²) in [4.78, 5) is 1.34. The maximum Gasteiger partial charge on any atom is 0.0579 e. The number of nitrogens with one attached hydrogen (secondary N) is 1. The van der Waals surface area contributed by atoms with E-state index in [1.807, 2.05) is 6.20 Å². The second kappa shape index (κ2) is 4.63. The summed E-state index contributed by atoms with van der Waals surface area (Å²) >= 11 is 1.80. The molecule has 0 unspecified atom stereocenters. The molecule has 4 heteroatoms. The fraction of sp³-hybridized carbons (Fsp3) is 0.462. The Balaban J connectivity index is 2.00. The Morgan fingerprint density at radius 3 is 2.94 bits per heavy atom. The molecular weight excluding hydrogens is 230 g/mol. The van der Waals surface area contributed by atoms with Gasteiger partial charge in [-0.25, -0.2) is 0 Å². The summed E-state index contributed by atoms with van der Waals surface area (Å²) in [7, 11) is 2.06. The first-order chi connectivity index (χ1) is 8.36. The Kier molecular flexibility index (Phi) is 2.99. The second-order valence-electron chi connectivity index (χ2n) is 4.57. The predicted octanol–water partition coefficient (Wildman–Crippen LogP) is 2.62. The molecule has 3 nitrogen and oxygen atoms in total. The number of hydrogen-bond acceptors (Lipinski definition) is 3. The summed E-state index contributed by atoms with van der Waals surface area (Å²) < 4.78 is 2.06. The van der Waals surface area contributed by atoms with Crippen molar-refractivity contribution in [2.75, 3.05) is 13.1 Å². The molecule has 0 aromatic carbocycles. The minimum Gasteiger partial charge on any atom is -0.317 e. The molecule has 1 aliphatic rings. The van der Waals surface area contributed by atoms with Crippen LogP contribution < -0.4 is 5.32 Å². The molecule has 17 heavy (non-hydrogen) atoms. The number of hydrogen-bond donors (Lipinski definition) is 1. The van der Waals surface area contributed by atoms with Crippen molar-refractivity contribution in [3.8, 4) is 10.4 Å². The van der Waals surface area contributed by atoms with E-state index in [1.54, 1.807) is 11.3 Å². The van der Waals surface area contributed by atoms with E-state index < -0.39 is 0 Å². The molecule has 2 aromatic rings. The lowest BCUT2D eigenvalue weighted by molar-refractivity contribution is 0.440. The van der Waals surface area contributed by atoms with E-state index in [0.717, 1.165) is 13.1 Å². The van der Waals surface area contributed by atoms with E-state index in [2.05, 4.69) is 39.7 Å².